The van der Waals surface area contributed by atoms with E-state index in [-0.39, 0.29) is 42.6 Å². The number of likely N-dealkylation sites (tertiary alicyclic amines) is 1. The second-order valence-electron chi connectivity index (χ2n) is 8.58. The fraction of sp³-hybridized carbons (Fsp3) is 0.500. The van der Waals surface area contributed by atoms with Crippen molar-refractivity contribution in [1.82, 2.24) is 9.88 Å². The number of rotatable bonds is 7. The normalized spacial score (nSPS) is 18.2. The van der Waals surface area contributed by atoms with Crippen LogP contribution in [0.2, 0.25) is 0 Å². The Morgan fingerprint density at radius 2 is 1.91 bits per heavy atom. The molecule has 1 saturated carbocycles. The minimum absolute atomic E-state index is 0.114. The number of carbonyl (C=O) groups is 3. The van der Waals surface area contributed by atoms with Crippen LogP contribution in [0, 0.1) is 24.6 Å². The molecule has 33 heavy (non-hydrogen) atoms. The monoisotopic (exact) mass is 473 g/mol. The molecule has 1 aliphatic carbocycles. The number of aromatic nitrogens is 1. The van der Waals surface area contributed by atoms with E-state index in [0.29, 0.717) is 35.2 Å². The Kier molecular flexibility index (Phi) is 7.07. The van der Waals surface area contributed by atoms with Gasteiger partial charge in [-0.15, -0.1) is 0 Å². The Bertz CT molecular complexity index is 1030. The number of carbonyl (C=O) groups excluding carboxylic acids is 3. The number of aryl methyl sites for hydroxylation is 1. The Balaban J connectivity index is 1.60. The maximum absolute atomic E-state index is 13.7. The summed E-state index contributed by atoms with van der Waals surface area (Å²) in [6.07, 6.45) is 3.31. The number of ether oxygens (including phenoxy) is 1. The fourth-order valence-electron chi connectivity index (χ4n) is 4.08. The van der Waals surface area contributed by atoms with Crippen LogP contribution in [0.15, 0.2) is 24.3 Å². The van der Waals surface area contributed by atoms with E-state index in [2.05, 4.69) is 4.98 Å². The molecule has 4 rings (SSSR count). The molecule has 7 nitrogen and oxygen atoms in total. The number of piperidine rings is 1. The number of esters is 1. The average molecular weight is 474 g/mol. The first-order chi connectivity index (χ1) is 15.9. The van der Waals surface area contributed by atoms with E-state index in [1.165, 1.54) is 12.1 Å². The highest BCUT2D eigenvalue weighted by molar-refractivity contribution is 7.17. The predicted octanol–water partition coefficient (Wildman–Crippen LogP) is 3.95. The van der Waals surface area contributed by atoms with Gasteiger partial charge in [-0.3, -0.25) is 14.5 Å². The zero-order valence-corrected chi connectivity index (χ0v) is 19.7. The van der Waals surface area contributed by atoms with Gasteiger partial charge in [-0.1, -0.05) is 23.5 Å². The molecule has 0 radical (unpaired) electrons. The highest BCUT2D eigenvalue weighted by atomic mass is 32.1. The lowest BCUT2D eigenvalue weighted by molar-refractivity contribution is -0.136. The molecule has 9 heteroatoms. The molecule has 0 N–H and O–H groups in total. The molecule has 176 valence electrons. The summed E-state index contributed by atoms with van der Waals surface area (Å²) >= 11 is 1.12. The minimum Gasteiger partial charge on any atom is -0.462 e. The van der Waals surface area contributed by atoms with Crippen LogP contribution in [0.25, 0.3) is 0 Å². The first kappa shape index (κ1) is 23.4. The summed E-state index contributed by atoms with van der Waals surface area (Å²) in [6, 6.07) is 5.97. The van der Waals surface area contributed by atoms with Crippen molar-refractivity contribution < 1.29 is 23.5 Å². The Hall–Kier alpha value is -2.81. The van der Waals surface area contributed by atoms with E-state index >= 15 is 0 Å². The lowest BCUT2D eigenvalue weighted by atomic mass is 9.96. The van der Waals surface area contributed by atoms with Crippen molar-refractivity contribution in [2.75, 3.05) is 24.6 Å². The van der Waals surface area contributed by atoms with Crippen molar-refractivity contribution >= 4 is 34.3 Å². The Morgan fingerprint density at radius 1 is 1.18 bits per heavy atom. The molecule has 1 unspecified atom stereocenters. The number of anilines is 1. The lowest BCUT2D eigenvalue weighted by Crippen LogP contribution is -2.47. The third-order valence-electron chi connectivity index (χ3n) is 6.01. The van der Waals surface area contributed by atoms with Gasteiger partial charge in [0.1, 0.15) is 10.7 Å². The van der Waals surface area contributed by atoms with Gasteiger partial charge in [-0.2, -0.15) is 0 Å². The second-order valence-corrected chi connectivity index (χ2v) is 9.56. The summed E-state index contributed by atoms with van der Waals surface area (Å²) < 4.78 is 18.5. The summed E-state index contributed by atoms with van der Waals surface area (Å²) in [5, 5.41) is 0.399. The molecule has 2 aromatic rings. The largest absolute Gasteiger partial charge is 0.462 e. The van der Waals surface area contributed by atoms with Crippen LogP contribution < -0.4 is 4.90 Å². The van der Waals surface area contributed by atoms with Crippen LogP contribution in [0.4, 0.5) is 9.52 Å². The van der Waals surface area contributed by atoms with Crippen LogP contribution in [0.3, 0.4) is 0 Å². The van der Waals surface area contributed by atoms with Crippen LogP contribution in [-0.4, -0.2) is 47.4 Å². The molecule has 1 saturated heterocycles. The molecule has 2 amide bonds. The minimum atomic E-state index is -0.466. The van der Waals surface area contributed by atoms with Crippen molar-refractivity contribution in [3.05, 3.63) is 46.2 Å². The number of thiazole rings is 1. The van der Waals surface area contributed by atoms with E-state index in [1.54, 1.807) is 30.9 Å². The standard InChI is InChI=1S/C24H28FN3O4S/c1-3-32-23(31)20-15(2)26-24(33-20)28(13-16-6-10-19(25)11-7-16)22(30)18-5-4-12-27(14-18)21(29)17-8-9-17/h6-7,10-11,17-18H,3-5,8-9,12-14H2,1-2H3. The maximum Gasteiger partial charge on any atom is 0.350 e. The first-order valence-corrected chi connectivity index (χ1v) is 12.2. The molecule has 2 aliphatic rings. The molecule has 1 aromatic carbocycles. The van der Waals surface area contributed by atoms with Gasteiger partial charge in [0.05, 0.1) is 24.8 Å². The highest BCUT2D eigenvalue weighted by Gasteiger charge is 2.38. The van der Waals surface area contributed by atoms with Gasteiger partial charge in [-0.05, 0) is 57.2 Å². The van der Waals surface area contributed by atoms with Gasteiger partial charge in [0.25, 0.3) is 0 Å². The third kappa shape index (κ3) is 5.40. The van der Waals surface area contributed by atoms with Crippen molar-refractivity contribution in [3.63, 3.8) is 0 Å². The number of amides is 2. The summed E-state index contributed by atoms with van der Waals surface area (Å²) in [6.45, 7) is 4.96. The van der Waals surface area contributed by atoms with Gasteiger partial charge in [-0.25, -0.2) is 14.2 Å². The molecule has 2 fully saturated rings. The number of halogens is 1. The summed E-state index contributed by atoms with van der Waals surface area (Å²) in [7, 11) is 0. The number of hydrogen-bond donors (Lipinski definition) is 0. The van der Waals surface area contributed by atoms with Crippen LogP contribution >= 0.6 is 11.3 Å². The van der Waals surface area contributed by atoms with E-state index in [0.717, 1.165) is 36.2 Å². The second kappa shape index (κ2) is 9.99. The van der Waals surface area contributed by atoms with Gasteiger partial charge < -0.3 is 9.64 Å². The smallest absolute Gasteiger partial charge is 0.350 e. The van der Waals surface area contributed by atoms with Crippen LogP contribution in [0.5, 0.6) is 0 Å². The molecular weight excluding hydrogens is 445 g/mol. The van der Waals surface area contributed by atoms with Gasteiger partial charge in [0.15, 0.2) is 5.13 Å². The predicted molar refractivity (Wildman–Crippen MR) is 122 cm³/mol. The van der Waals surface area contributed by atoms with Crippen molar-refractivity contribution in [3.8, 4) is 0 Å². The fourth-order valence-corrected chi connectivity index (χ4v) is 5.05. The average Bonchev–Trinajstić information content (AvgIpc) is 3.59. The highest BCUT2D eigenvalue weighted by Crippen LogP contribution is 2.34. The maximum atomic E-state index is 13.7. The topological polar surface area (TPSA) is 79.8 Å². The van der Waals surface area contributed by atoms with E-state index < -0.39 is 5.97 Å². The van der Waals surface area contributed by atoms with Gasteiger partial charge in [0, 0.05) is 19.0 Å². The zero-order chi connectivity index (χ0) is 23.5. The van der Waals surface area contributed by atoms with Crippen molar-refractivity contribution in [2.45, 2.75) is 46.1 Å². The number of benzene rings is 1. The van der Waals surface area contributed by atoms with Crippen LogP contribution in [-0.2, 0) is 20.9 Å². The molecule has 1 atom stereocenters. The third-order valence-corrected chi connectivity index (χ3v) is 7.17. The Morgan fingerprint density at radius 3 is 2.58 bits per heavy atom. The summed E-state index contributed by atoms with van der Waals surface area (Å²) in [4.78, 5) is 46.8. The van der Waals surface area contributed by atoms with E-state index in [4.69, 9.17) is 4.74 Å². The molecule has 0 spiro atoms. The number of hydrogen-bond acceptors (Lipinski definition) is 6. The molecule has 1 aromatic heterocycles. The van der Waals surface area contributed by atoms with Crippen molar-refractivity contribution in [2.24, 2.45) is 11.8 Å². The van der Waals surface area contributed by atoms with Gasteiger partial charge >= 0.3 is 5.97 Å². The quantitative estimate of drug-likeness (QED) is 0.569. The SMILES string of the molecule is CCOC(=O)c1sc(N(Cc2ccc(F)cc2)C(=O)C2CCCN(C(=O)C3CC3)C2)nc1C. The summed E-state index contributed by atoms with van der Waals surface area (Å²) in [5.41, 5.74) is 1.25. The molecular formula is C24H28FN3O4S. The number of nitrogens with zero attached hydrogens (tertiary/aromatic N) is 3. The molecule has 0 bridgehead atoms. The van der Waals surface area contributed by atoms with Crippen molar-refractivity contribution in [1.29, 1.82) is 0 Å². The zero-order valence-electron chi connectivity index (χ0n) is 18.9. The Labute approximate surface area is 196 Å². The van der Waals surface area contributed by atoms with Gasteiger partial charge in [0.2, 0.25) is 11.8 Å². The van der Waals surface area contributed by atoms with E-state index in [9.17, 15) is 18.8 Å². The molecule has 1 aliphatic heterocycles. The lowest BCUT2D eigenvalue weighted by Gasteiger charge is -2.34. The molecule has 2 heterocycles. The van der Waals surface area contributed by atoms with E-state index in [1.807, 2.05) is 4.90 Å². The van der Waals surface area contributed by atoms with Crippen LogP contribution in [0.1, 0.15) is 53.5 Å². The first-order valence-electron chi connectivity index (χ1n) is 11.4. The summed E-state index contributed by atoms with van der Waals surface area (Å²) in [5.74, 6) is -1.05.